The lowest BCUT2D eigenvalue weighted by atomic mass is 10.0. The van der Waals surface area contributed by atoms with Gasteiger partial charge in [-0.1, -0.05) is 275 Å². The molecule has 0 bridgehead atoms. The number of unbranched alkanes of at least 4 members (excludes halogenated alkanes) is 21. The fraction of sp³-hybridized carbons (Fsp3) is 0.603. The van der Waals surface area contributed by atoms with E-state index < -0.39 is 12.1 Å². The van der Waals surface area contributed by atoms with Gasteiger partial charge in [-0.3, -0.25) is 4.79 Å². The molecule has 0 radical (unpaired) electrons. The monoisotopic (exact) mass is 990 g/mol. The summed E-state index contributed by atoms with van der Waals surface area (Å²) in [5.74, 6) is -0.0985. The normalized spacial score (nSPS) is 14.0. The van der Waals surface area contributed by atoms with E-state index in [1.165, 1.54) is 109 Å². The predicted molar refractivity (Wildman–Crippen MR) is 321 cm³/mol. The number of carbonyl (C=O) groups excluding carboxylic acids is 1. The smallest absolute Gasteiger partial charge is 0.220 e. The first-order chi connectivity index (χ1) is 35.7. The van der Waals surface area contributed by atoms with Gasteiger partial charge in [-0.05, 0) is 122 Å². The second-order valence-corrected chi connectivity index (χ2v) is 19.3. The Bertz CT molecular complexity index is 1540. The minimum atomic E-state index is -0.889. The molecule has 0 aliphatic carbocycles. The lowest BCUT2D eigenvalue weighted by molar-refractivity contribution is -0.123. The molecule has 0 aromatic carbocycles. The van der Waals surface area contributed by atoms with Crippen LogP contribution in [0.3, 0.4) is 0 Å². The van der Waals surface area contributed by atoms with Gasteiger partial charge >= 0.3 is 0 Å². The molecular formula is C68H111NO3. The Morgan fingerprint density at radius 3 is 0.972 bits per heavy atom. The Morgan fingerprint density at radius 1 is 0.347 bits per heavy atom. The van der Waals surface area contributed by atoms with Gasteiger partial charge in [0.2, 0.25) is 5.91 Å². The molecule has 4 nitrogen and oxygen atoms in total. The molecule has 0 fully saturated rings. The molecule has 1 amide bonds. The van der Waals surface area contributed by atoms with Crippen molar-refractivity contribution in [3.05, 3.63) is 158 Å². The number of nitrogens with one attached hydrogen (secondary N) is 1. The second-order valence-electron chi connectivity index (χ2n) is 19.3. The van der Waals surface area contributed by atoms with Crippen LogP contribution >= 0.6 is 0 Å². The van der Waals surface area contributed by atoms with Gasteiger partial charge < -0.3 is 15.5 Å². The van der Waals surface area contributed by atoms with Gasteiger partial charge in [-0.2, -0.15) is 0 Å². The summed E-state index contributed by atoms with van der Waals surface area (Å²) in [6, 6.07) is -0.667. The van der Waals surface area contributed by atoms with Crippen molar-refractivity contribution < 1.29 is 15.0 Å². The SMILES string of the molecule is CC/C=C\C/C=C\C/C=C\C/C=C\C/C=C\C/C=C\C/C=C\C/C=C\C/C=C\C/C=C\CCCCCCCCC(=O)NC(CO)C(O)/C=C/CC/C=C/CC/C=C/CCCCCCCCCCCCCCC. The van der Waals surface area contributed by atoms with E-state index in [9.17, 15) is 15.0 Å². The highest BCUT2D eigenvalue weighted by molar-refractivity contribution is 5.76. The number of hydrogen-bond acceptors (Lipinski definition) is 3. The summed E-state index contributed by atoms with van der Waals surface area (Å²) in [7, 11) is 0. The van der Waals surface area contributed by atoms with Gasteiger partial charge in [-0.15, -0.1) is 0 Å². The van der Waals surface area contributed by atoms with E-state index in [1.807, 2.05) is 6.08 Å². The molecule has 0 aromatic rings. The fourth-order valence-corrected chi connectivity index (χ4v) is 8.00. The Hall–Kier alpha value is -3.99. The summed E-state index contributed by atoms with van der Waals surface area (Å²) in [6.45, 7) is 4.17. The van der Waals surface area contributed by atoms with E-state index in [4.69, 9.17) is 0 Å². The summed E-state index contributed by atoms with van der Waals surface area (Å²) >= 11 is 0. The third-order valence-corrected chi connectivity index (χ3v) is 12.5. The molecule has 0 rings (SSSR count). The van der Waals surface area contributed by atoms with Crippen molar-refractivity contribution in [3.63, 3.8) is 0 Å². The quantitative estimate of drug-likeness (QED) is 0.0420. The zero-order valence-corrected chi connectivity index (χ0v) is 46.6. The van der Waals surface area contributed by atoms with E-state index in [-0.39, 0.29) is 12.5 Å². The summed E-state index contributed by atoms with van der Waals surface area (Å²) in [5, 5.41) is 23.1. The summed E-state index contributed by atoms with van der Waals surface area (Å²) in [6.07, 6.45) is 98.3. The molecule has 0 aliphatic heterocycles. The molecular weight excluding hydrogens is 879 g/mol. The highest BCUT2D eigenvalue weighted by Crippen LogP contribution is 2.14. The second kappa shape index (κ2) is 61.3. The largest absolute Gasteiger partial charge is 0.394 e. The van der Waals surface area contributed by atoms with Crippen LogP contribution in [0.2, 0.25) is 0 Å². The van der Waals surface area contributed by atoms with Crippen LogP contribution < -0.4 is 5.32 Å². The maximum atomic E-state index is 12.5. The fourth-order valence-electron chi connectivity index (χ4n) is 8.00. The third-order valence-electron chi connectivity index (χ3n) is 12.5. The number of allylic oxidation sites excluding steroid dienone is 25. The Morgan fingerprint density at radius 2 is 0.625 bits per heavy atom. The van der Waals surface area contributed by atoms with Gasteiger partial charge in [0, 0.05) is 6.42 Å². The third kappa shape index (κ3) is 56.9. The molecule has 0 spiro atoms. The van der Waals surface area contributed by atoms with Crippen molar-refractivity contribution in [1.29, 1.82) is 0 Å². The molecule has 0 aliphatic rings. The molecule has 72 heavy (non-hydrogen) atoms. The molecule has 4 heteroatoms. The Balaban J connectivity index is 3.70. The highest BCUT2D eigenvalue weighted by Gasteiger charge is 2.17. The lowest BCUT2D eigenvalue weighted by Gasteiger charge is -2.19. The van der Waals surface area contributed by atoms with E-state index in [0.29, 0.717) is 6.42 Å². The number of hydrogen-bond donors (Lipinski definition) is 3. The number of aliphatic hydroxyl groups excluding tert-OH is 2. The van der Waals surface area contributed by atoms with Crippen LogP contribution in [0, 0.1) is 0 Å². The molecule has 2 unspecified atom stereocenters. The van der Waals surface area contributed by atoms with Gasteiger partial charge in [-0.25, -0.2) is 0 Å². The van der Waals surface area contributed by atoms with Crippen molar-refractivity contribution in [2.45, 2.75) is 257 Å². The molecule has 406 valence electrons. The van der Waals surface area contributed by atoms with Crippen LogP contribution in [0.1, 0.15) is 245 Å². The van der Waals surface area contributed by atoms with E-state index in [0.717, 1.165) is 116 Å². The first-order valence-corrected chi connectivity index (χ1v) is 29.7. The summed E-state index contributed by atoms with van der Waals surface area (Å²) in [5.41, 5.74) is 0. The Kier molecular flexibility index (Phi) is 57.9. The number of carbonyl (C=O) groups is 1. The number of rotatable bonds is 52. The molecule has 2 atom stereocenters. The van der Waals surface area contributed by atoms with E-state index >= 15 is 0 Å². The minimum absolute atomic E-state index is 0.0985. The first-order valence-electron chi connectivity index (χ1n) is 29.7. The summed E-state index contributed by atoms with van der Waals surface area (Å²) < 4.78 is 0. The zero-order valence-electron chi connectivity index (χ0n) is 46.6. The predicted octanol–water partition coefficient (Wildman–Crippen LogP) is 20.1. The molecule has 0 heterocycles. The minimum Gasteiger partial charge on any atom is -0.394 e. The van der Waals surface area contributed by atoms with Crippen molar-refractivity contribution in [2.75, 3.05) is 6.61 Å². The maximum Gasteiger partial charge on any atom is 0.220 e. The van der Waals surface area contributed by atoms with Crippen LogP contribution in [-0.4, -0.2) is 34.9 Å². The highest BCUT2D eigenvalue weighted by atomic mass is 16.3. The first kappa shape index (κ1) is 68.0. The van der Waals surface area contributed by atoms with E-state index in [2.05, 4.69) is 165 Å². The van der Waals surface area contributed by atoms with Crippen LogP contribution in [0.15, 0.2) is 158 Å². The van der Waals surface area contributed by atoms with Crippen LogP contribution in [0.25, 0.3) is 0 Å². The molecule has 0 saturated heterocycles. The van der Waals surface area contributed by atoms with Crippen molar-refractivity contribution in [3.8, 4) is 0 Å². The molecule has 0 aromatic heterocycles. The summed E-state index contributed by atoms with van der Waals surface area (Å²) in [4.78, 5) is 12.5. The maximum absolute atomic E-state index is 12.5. The van der Waals surface area contributed by atoms with Crippen LogP contribution in [0.4, 0.5) is 0 Å². The molecule has 3 N–H and O–H groups in total. The van der Waals surface area contributed by atoms with Gasteiger partial charge in [0.1, 0.15) is 0 Å². The number of amides is 1. The van der Waals surface area contributed by atoms with Gasteiger partial charge in [0.15, 0.2) is 0 Å². The zero-order chi connectivity index (χ0) is 52.0. The average Bonchev–Trinajstić information content (AvgIpc) is 3.39. The lowest BCUT2D eigenvalue weighted by Crippen LogP contribution is -2.45. The van der Waals surface area contributed by atoms with E-state index in [1.54, 1.807) is 6.08 Å². The molecule has 0 saturated carbocycles. The number of aliphatic hydroxyl groups is 2. The topological polar surface area (TPSA) is 69.6 Å². The van der Waals surface area contributed by atoms with Crippen molar-refractivity contribution >= 4 is 5.91 Å². The van der Waals surface area contributed by atoms with Crippen molar-refractivity contribution in [1.82, 2.24) is 5.32 Å². The Labute approximate surface area is 446 Å². The van der Waals surface area contributed by atoms with Crippen LogP contribution in [-0.2, 0) is 4.79 Å². The average molecular weight is 991 g/mol. The van der Waals surface area contributed by atoms with Crippen molar-refractivity contribution in [2.24, 2.45) is 0 Å². The van der Waals surface area contributed by atoms with Gasteiger partial charge in [0.05, 0.1) is 18.8 Å². The van der Waals surface area contributed by atoms with Crippen LogP contribution in [0.5, 0.6) is 0 Å². The van der Waals surface area contributed by atoms with Gasteiger partial charge in [0.25, 0.3) is 0 Å². The standard InChI is InChI=1S/C68H111NO3/c1-3-5-7-9-11-13-15-17-19-21-23-25-27-28-29-30-31-32-33-34-35-36-37-38-39-40-42-44-46-48-50-52-54-56-58-60-62-64-68(72)69-66(65-70)67(71)63-61-59-57-55-53-51-49-47-45-43-41-26-24-22-20-18-16-14-12-10-8-6-4-2/h5,7,11,13,17,19,23,25,28-29,31-32,34-35,37-38,40,42,45-48,53,55,61,63,66-67,70-71H,3-4,6,8-10,12,14-16,18,20-22,24,26-27,30,33,36,39,41,43-44,49-52,54,56-60,62,64-65H2,1-2H3,(H,69,72)/b7-5-,13-11-,19-17-,25-23-,29-28-,32-31-,35-34-,38-37-,42-40-,47-45+,48-46-,55-53+,63-61+.